The van der Waals surface area contributed by atoms with Gasteiger partial charge in [0.1, 0.15) is 5.82 Å². The molecule has 0 radical (unpaired) electrons. The van der Waals surface area contributed by atoms with E-state index in [2.05, 4.69) is 15.7 Å². The third-order valence-corrected chi connectivity index (χ3v) is 2.96. The van der Waals surface area contributed by atoms with Gasteiger partial charge >= 0.3 is 6.18 Å². The largest absolute Gasteiger partial charge is 0.435 e. The molecule has 0 bridgehead atoms. The van der Waals surface area contributed by atoms with Crippen molar-refractivity contribution in [3.8, 4) is 0 Å². The van der Waals surface area contributed by atoms with Gasteiger partial charge in [0, 0.05) is 26.2 Å². The van der Waals surface area contributed by atoms with E-state index < -0.39 is 17.8 Å². The number of aromatic nitrogens is 2. The van der Waals surface area contributed by atoms with Gasteiger partial charge in [0.15, 0.2) is 5.69 Å². The van der Waals surface area contributed by atoms with Crippen LogP contribution >= 0.6 is 0 Å². The standard InChI is InChI=1S/C11H14F3N5O2/c1-18-8(4-7(17-18)11(12,13)14)16-9(20)6-19-3-2-15-5-10(19)21/h4,15H,2-3,5-6H2,1H3,(H,16,20). The molecule has 2 N–H and O–H groups in total. The molecule has 1 fully saturated rings. The van der Waals surface area contributed by atoms with Crippen molar-refractivity contribution in [2.24, 2.45) is 7.05 Å². The SMILES string of the molecule is Cn1nc(C(F)(F)F)cc1NC(=O)CN1CCNCC1=O. The molecule has 7 nitrogen and oxygen atoms in total. The Morgan fingerprint density at radius 2 is 2.24 bits per heavy atom. The van der Waals surface area contributed by atoms with Gasteiger partial charge in [-0.15, -0.1) is 0 Å². The van der Waals surface area contributed by atoms with Crippen LogP contribution in [0.4, 0.5) is 19.0 Å². The molecule has 2 amide bonds. The van der Waals surface area contributed by atoms with E-state index in [0.717, 1.165) is 10.7 Å². The van der Waals surface area contributed by atoms with Gasteiger partial charge in [0.25, 0.3) is 0 Å². The van der Waals surface area contributed by atoms with Gasteiger partial charge in [0.2, 0.25) is 11.8 Å². The Balaban J connectivity index is 1.99. The van der Waals surface area contributed by atoms with E-state index in [1.807, 2.05) is 0 Å². The Bertz CT molecular complexity index is 555. The van der Waals surface area contributed by atoms with Crippen molar-refractivity contribution in [3.05, 3.63) is 11.8 Å². The molecule has 10 heteroatoms. The fraction of sp³-hybridized carbons (Fsp3) is 0.545. The molecule has 1 aliphatic heterocycles. The molecule has 0 spiro atoms. The lowest BCUT2D eigenvalue weighted by atomic mass is 10.3. The maximum absolute atomic E-state index is 12.5. The number of nitrogens with zero attached hydrogens (tertiary/aromatic N) is 3. The van der Waals surface area contributed by atoms with Crippen molar-refractivity contribution < 1.29 is 22.8 Å². The third-order valence-electron chi connectivity index (χ3n) is 2.96. The number of amides is 2. The van der Waals surface area contributed by atoms with E-state index in [9.17, 15) is 22.8 Å². The zero-order chi connectivity index (χ0) is 15.6. The van der Waals surface area contributed by atoms with Gasteiger partial charge < -0.3 is 15.5 Å². The lowest BCUT2D eigenvalue weighted by Crippen LogP contribution is -2.50. The van der Waals surface area contributed by atoms with Crippen LogP contribution in [0.3, 0.4) is 0 Å². The van der Waals surface area contributed by atoms with E-state index in [1.165, 1.54) is 11.9 Å². The number of hydrogen-bond donors (Lipinski definition) is 2. The summed E-state index contributed by atoms with van der Waals surface area (Å²) >= 11 is 0. The first kappa shape index (κ1) is 15.3. The van der Waals surface area contributed by atoms with E-state index in [-0.39, 0.29) is 24.8 Å². The maximum atomic E-state index is 12.5. The Hall–Kier alpha value is -2.10. The highest BCUT2D eigenvalue weighted by atomic mass is 19.4. The third kappa shape index (κ3) is 3.72. The summed E-state index contributed by atoms with van der Waals surface area (Å²) in [5.41, 5.74) is -1.08. The van der Waals surface area contributed by atoms with Gasteiger partial charge in [-0.25, -0.2) is 0 Å². The van der Waals surface area contributed by atoms with Crippen LogP contribution in [0.5, 0.6) is 0 Å². The highest BCUT2D eigenvalue weighted by Gasteiger charge is 2.34. The van der Waals surface area contributed by atoms with Crippen LogP contribution in [0.25, 0.3) is 0 Å². The number of aryl methyl sites for hydroxylation is 1. The van der Waals surface area contributed by atoms with Crippen LogP contribution in [0.2, 0.25) is 0 Å². The van der Waals surface area contributed by atoms with E-state index in [4.69, 9.17) is 0 Å². The molecule has 1 aliphatic rings. The monoisotopic (exact) mass is 305 g/mol. The number of piperazine rings is 1. The first-order chi connectivity index (χ1) is 9.77. The van der Waals surface area contributed by atoms with Crippen molar-refractivity contribution in [3.63, 3.8) is 0 Å². The van der Waals surface area contributed by atoms with Gasteiger partial charge in [-0.1, -0.05) is 0 Å². The first-order valence-electron chi connectivity index (χ1n) is 6.17. The van der Waals surface area contributed by atoms with Gasteiger partial charge in [-0.3, -0.25) is 14.3 Å². The fourth-order valence-corrected chi connectivity index (χ4v) is 1.89. The second-order valence-corrected chi connectivity index (χ2v) is 4.58. The maximum Gasteiger partial charge on any atom is 0.435 e. The Labute approximate surface area is 118 Å². The summed E-state index contributed by atoms with van der Waals surface area (Å²) in [5.74, 6) is -0.866. The molecule has 0 unspecified atom stereocenters. The highest BCUT2D eigenvalue weighted by Crippen LogP contribution is 2.29. The molecule has 1 saturated heterocycles. The average Bonchev–Trinajstić information content (AvgIpc) is 2.74. The van der Waals surface area contributed by atoms with Gasteiger partial charge in [-0.05, 0) is 0 Å². The molecule has 116 valence electrons. The molecule has 2 heterocycles. The van der Waals surface area contributed by atoms with E-state index >= 15 is 0 Å². The van der Waals surface area contributed by atoms with Crippen LogP contribution in [-0.4, -0.2) is 52.7 Å². The van der Waals surface area contributed by atoms with E-state index in [0.29, 0.717) is 13.1 Å². The summed E-state index contributed by atoms with van der Waals surface area (Å²) in [6, 6.07) is 0.748. The summed E-state index contributed by atoms with van der Waals surface area (Å²) in [5, 5.41) is 8.46. The number of nitrogens with one attached hydrogen (secondary N) is 2. The van der Waals surface area contributed by atoms with Crippen LogP contribution in [0, 0.1) is 0 Å². The highest BCUT2D eigenvalue weighted by molar-refractivity contribution is 5.94. The Morgan fingerprint density at radius 3 is 2.81 bits per heavy atom. The molecule has 0 saturated carbocycles. The van der Waals surface area contributed by atoms with Crippen molar-refractivity contribution >= 4 is 17.6 Å². The summed E-state index contributed by atoms with van der Waals surface area (Å²) in [7, 11) is 1.29. The summed E-state index contributed by atoms with van der Waals surface area (Å²) < 4.78 is 38.4. The summed E-state index contributed by atoms with van der Waals surface area (Å²) in [4.78, 5) is 24.6. The number of rotatable bonds is 3. The molecule has 21 heavy (non-hydrogen) atoms. The number of halogens is 3. The Kier molecular flexibility index (Phi) is 4.16. The minimum atomic E-state index is -4.57. The van der Waals surface area contributed by atoms with E-state index in [1.54, 1.807) is 0 Å². The predicted octanol–water partition coefficient (Wildman–Crippen LogP) is -0.191. The topological polar surface area (TPSA) is 79.3 Å². The molecular weight excluding hydrogens is 291 g/mol. The summed E-state index contributed by atoms with van der Waals surface area (Å²) in [6.45, 7) is 0.901. The number of carbonyl (C=O) groups is 2. The molecule has 0 atom stereocenters. The molecular formula is C11H14F3N5O2. The van der Waals surface area contributed by atoms with Crippen LogP contribution in [0.15, 0.2) is 6.07 Å². The molecule has 1 aromatic heterocycles. The van der Waals surface area contributed by atoms with Crippen LogP contribution in [0.1, 0.15) is 5.69 Å². The molecule has 1 aromatic rings. The number of anilines is 1. The molecule has 2 rings (SSSR count). The molecule has 0 aliphatic carbocycles. The van der Waals surface area contributed by atoms with Crippen LogP contribution < -0.4 is 10.6 Å². The number of hydrogen-bond acceptors (Lipinski definition) is 4. The second-order valence-electron chi connectivity index (χ2n) is 4.58. The normalized spacial score (nSPS) is 16.2. The Morgan fingerprint density at radius 1 is 1.52 bits per heavy atom. The zero-order valence-corrected chi connectivity index (χ0v) is 11.2. The van der Waals surface area contributed by atoms with Crippen molar-refractivity contribution in [1.82, 2.24) is 20.0 Å². The average molecular weight is 305 g/mol. The molecule has 0 aromatic carbocycles. The van der Waals surface area contributed by atoms with Crippen LogP contribution in [-0.2, 0) is 22.8 Å². The fourth-order valence-electron chi connectivity index (χ4n) is 1.89. The van der Waals surface area contributed by atoms with Gasteiger partial charge in [-0.2, -0.15) is 18.3 Å². The lowest BCUT2D eigenvalue weighted by Gasteiger charge is -2.26. The predicted molar refractivity (Wildman–Crippen MR) is 66.3 cm³/mol. The minimum absolute atomic E-state index is 0.0742. The summed E-state index contributed by atoms with van der Waals surface area (Å²) in [6.07, 6.45) is -4.57. The van der Waals surface area contributed by atoms with Crippen molar-refractivity contribution in [1.29, 1.82) is 0 Å². The van der Waals surface area contributed by atoms with Crippen molar-refractivity contribution in [2.75, 3.05) is 31.5 Å². The zero-order valence-electron chi connectivity index (χ0n) is 11.2. The second kappa shape index (κ2) is 5.72. The minimum Gasteiger partial charge on any atom is -0.331 e. The quantitative estimate of drug-likeness (QED) is 0.811. The lowest BCUT2D eigenvalue weighted by molar-refractivity contribution is -0.141. The van der Waals surface area contributed by atoms with Crippen molar-refractivity contribution in [2.45, 2.75) is 6.18 Å². The smallest absolute Gasteiger partial charge is 0.331 e. The number of alkyl halides is 3. The number of carbonyl (C=O) groups excluding carboxylic acids is 2. The first-order valence-corrected chi connectivity index (χ1v) is 6.17. The van der Waals surface area contributed by atoms with Gasteiger partial charge in [0.05, 0.1) is 13.1 Å².